The van der Waals surface area contributed by atoms with E-state index in [2.05, 4.69) is 31.2 Å². The lowest BCUT2D eigenvalue weighted by atomic mass is 10.1. The number of hydrogen-bond donors (Lipinski definition) is 5. The minimum Gasteiger partial charge on any atom is -0.480 e. The number of amides is 3. The summed E-state index contributed by atoms with van der Waals surface area (Å²) in [6.07, 6.45) is -4.07. The maximum Gasteiger partial charge on any atom is 0.416 e. The molecule has 2 aromatic heterocycles. The second kappa shape index (κ2) is 14.2. The summed E-state index contributed by atoms with van der Waals surface area (Å²) in [6, 6.07) is 6.81. The van der Waals surface area contributed by atoms with Gasteiger partial charge in [-0.25, -0.2) is 19.6 Å². The number of imidazole rings is 1. The van der Waals surface area contributed by atoms with Crippen LogP contribution in [-0.4, -0.2) is 68.3 Å². The number of thiazole rings is 1. The summed E-state index contributed by atoms with van der Waals surface area (Å²) in [5.74, 6) is -2.17. The van der Waals surface area contributed by atoms with Crippen LogP contribution in [0.25, 0.3) is 21.3 Å². The van der Waals surface area contributed by atoms with E-state index in [1.54, 1.807) is 38.5 Å². The summed E-state index contributed by atoms with van der Waals surface area (Å²) < 4.78 is 46.4. The van der Waals surface area contributed by atoms with Crippen molar-refractivity contribution < 1.29 is 42.2 Å². The summed E-state index contributed by atoms with van der Waals surface area (Å²) in [5, 5.41) is 20.3. The Morgan fingerprint density at radius 3 is 2.43 bits per heavy atom. The van der Waals surface area contributed by atoms with Gasteiger partial charge in [0.2, 0.25) is 11.9 Å². The van der Waals surface area contributed by atoms with Gasteiger partial charge in [0.05, 0.1) is 33.4 Å². The first-order valence-corrected chi connectivity index (χ1v) is 15.3. The number of aliphatic carboxylic acids is 1. The Labute approximate surface area is 270 Å². The number of hydrogen-bond acceptors (Lipinski definition) is 9. The second-order valence-electron chi connectivity index (χ2n) is 11.6. The van der Waals surface area contributed by atoms with Crippen LogP contribution >= 0.6 is 11.3 Å². The molecule has 1 unspecified atom stereocenters. The van der Waals surface area contributed by atoms with Gasteiger partial charge >= 0.3 is 18.2 Å². The summed E-state index contributed by atoms with van der Waals surface area (Å²) in [4.78, 5) is 57.4. The number of carbonyl (C=O) groups excluding carboxylic acids is 3. The molecule has 0 saturated carbocycles. The van der Waals surface area contributed by atoms with E-state index in [0.717, 1.165) is 23.5 Å². The fraction of sp³-hybridized carbons (Fsp3) is 0.400. The first-order valence-electron chi connectivity index (χ1n) is 14.5. The van der Waals surface area contributed by atoms with Crippen molar-refractivity contribution in [3.63, 3.8) is 0 Å². The van der Waals surface area contributed by atoms with Crippen molar-refractivity contribution in [3.05, 3.63) is 47.5 Å². The molecule has 0 aliphatic heterocycles. The Kier molecular flexibility index (Phi) is 10.6. The van der Waals surface area contributed by atoms with Crippen LogP contribution in [0.2, 0.25) is 0 Å². The number of alkyl carbamates (subject to hydrolysis) is 1. The van der Waals surface area contributed by atoms with E-state index in [4.69, 9.17) is 4.74 Å². The molecular weight excluding hydrogens is 643 g/mol. The van der Waals surface area contributed by atoms with Gasteiger partial charge in [0.1, 0.15) is 11.6 Å². The Morgan fingerprint density at radius 2 is 1.74 bits per heavy atom. The minimum atomic E-state index is -4.47. The number of carboxylic acids is 1. The van der Waals surface area contributed by atoms with Crippen molar-refractivity contribution in [2.75, 3.05) is 18.4 Å². The molecule has 0 saturated heterocycles. The predicted octanol–water partition coefficient (Wildman–Crippen LogP) is 4.94. The Morgan fingerprint density at radius 1 is 1.00 bits per heavy atom. The second-order valence-corrected chi connectivity index (χ2v) is 12.6. The molecule has 0 bridgehead atoms. The zero-order chi connectivity index (χ0) is 34.5. The SMILES string of the molecule is Cn1c(Nc2nc3ccc(C(F)(F)F)cc3s2)nc2cc(C(=O)NCC(=O)NC(CCCCNC(=O)OC(C)(C)C)C(=O)O)ccc21. The first-order chi connectivity index (χ1) is 22.0. The largest absolute Gasteiger partial charge is 0.480 e. The number of fused-ring (bicyclic) bond motifs is 2. The van der Waals surface area contributed by atoms with Crippen LogP contribution < -0.4 is 21.3 Å². The highest BCUT2D eigenvalue weighted by molar-refractivity contribution is 7.22. The number of aromatic nitrogens is 3. The highest BCUT2D eigenvalue weighted by Gasteiger charge is 2.31. The molecule has 0 aliphatic carbocycles. The van der Waals surface area contributed by atoms with Crippen LogP contribution in [0.1, 0.15) is 56.0 Å². The third-order valence-corrected chi connectivity index (χ3v) is 7.64. The lowest BCUT2D eigenvalue weighted by molar-refractivity contribution is -0.142. The smallest absolute Gasteiger partial charge is 0.416 e. The summed E-state index contributed by atoms with van der Waals surface area (Å²) >= 11 is 1.04. The van der Waals surface area contributed by atoms with Gasteiger partial charge in [0.25, 0.3) is 5.91 Å². The van der Waals surface area contributed by atoms with Crippen LogP contribution in [0.4, 0.5) is 29.0 Å². The predicted molar refractivity (Wildman–Crippen MR) is 169 cm³/mol. The summed E-state index contributed by atoms with van der Waals surface area (Å²) in [7, 11) is 1.72. The molecular formula is C30H34F3N7O6S. The zero-order valence-corrected chi connectivity index (χ0v) is 26.8. The number of unbranched alkanes of at least 4 members (excludes halogenated alkanes) is 1. The normalized spacial score (nSPS) is 12.5. The molecule has 17 heteroatoms. The molecule has 1 atom stereocenters. The molecule has 47 heavy (non-hydrogen) atoms. The van der Waals surface area contributed by atoms with Crippen LogP contribution in [0, 0.1) is 0 Å². The van der Waals surface area contributed by atoms with Crippen molar-refractivity contribution in [1.29, 1.82) is 0 Å². The molecule has 2 aromatic carbocycles. The lowest BCUT2D eigenvalue weighted by Crippen LogP contribution is -2.45. The number of anilines is 2. The monoisotopic (exact) mass is 677 g/mol. The molecule has 5 N–H and O–H groups in total. The van der Waals surface area contributed by atoms with E-state index in [1.807, 2.05) is 0 Å². The highest BCUT2D eigenvalue weighted by atomic mass is 32.1. The molecule has 13 nitrogen and oxygen atoms in total. The van der Waals surface area contributed by atoms with Gasteiger partial charge in [0, 0.05) is 19.2 Å². The standard InChI is InChI=1S/C30H34F3N7O6S/c1-29(2,3)46-28(45)34-12-6-5-7-19(25(43)44)36-23(41)15-35-24(42)16-8-11-21-20(13-16)37-26(40(21)4)39-27-38-18-10-9-17(30(31,32)33)14-22(18)47-27/h8-11,13-14,19H,5-7,12,15H2,1-4H3,(H,34,45)(H,35,42)(H,36,41)(H,43,44)(H,37,38,39). The van der Waals surface area contributed by atoms with Gasteiger partial charge in [-0.2, -0.15) is 13.2 Å². The molecule has 4 aromatic rings. The number of halogens is 3. The van der Waals surface area contributed by atoms with E-state index in [9.17, 15) is 37.5 Å². The number of carboxylic acid groups (broad SMARTS) is 1. The number of nitrogens with zero attached hydrogens (tertiary/aromatic N) is 3. The van der Waals surface area contributed by atoms with Crippen LogP contribution in [-0.2, 0) is 27.5 Å². The molecule has 252 valence electrons. The summed E-state index contributed by atoms with van der Waals surface area (Å²) in [6.45, 7) is 5.02. The van der Waals surface area contributed by atoms with Crippen LogP contribution in [0.15, 0.2) is 36.4 Å². The molecule has 0 aliphatic rings. The number of ether oxygens (including phenoxy) is 1. The number of nitrogens with one attached hydrogen (secondary N) is 4. The average Bonchev–Trinajstić information content (AvgIpc) is 3.52. The Hall–Kier alpha value is -4.93. The molecule has 4 rings (SSSR count). The van der Waals surface area contributed by atoms with Crippen LogP contribution in [0.5, 0.6) is 0 Å². The van der Waals surface area contributed by atoms with Gasteiger partial charge in [-0.05, 0) is 76.4 Å². The van der Waals surface area contributed by atoms with Crippen molar-refractivity contribution in [2.24, 2.45) is 7.05 Å². The van der Waals surface area contributed by atoms with Crippen molar-refractivity contribution in [1.82, 2.24) is 30.5 Å². The maximum atomic E-state index is 13.1. The van der Waals surface area contributed by atoms with E-state index in [1.165, 1.54) is 18.2 Å². The summed E-state index contributed by atoms with van der Waals surface area (Å²) in [5.41, 5.74) is 0.266. The van der Waals surface area contributed by atoms with E-state index in [-0.39, 0.29) is 18.5 Å². The number of aryl methyl sites for hydroxylation is 1. The van der Waals surface area contributed by atoms with E-state index >= 15 is 0 Å². The van der Waals surface area contributed by atoms with Gasteiger partial charge in [-0.1, -0.05) is 11.3 Å². The third kappa shape index (κ3) is 9.54. The molecule has 0 fully saturated rings. The maximum absolute atomic E-state index is 13.1. The zero-order valence-electron chi connectivity index (χ0n) is 25.9. The minimum absolute atomic E-state index is 0.114. The fourth-order valence-electron chi connectivity index (χ4n) is 4.45. The van der Waals surface area contributed by atoms with Crippen molar-refractivity contribution in [2.45, 2.75) is 57.9 Å². The number of benzene rings is 2. The lowest BCUT2D eigenvalue weighted by Gasteiger charge is -2.19. The Balaban J connectivity index is 1.30. The molecule has 0 radical (unpaired) electrons. The number of carbonyl (C=O) groups is 4. The topological polar surface area (TPSA) is 177 Å². The van der Waals surface area contributed by atoms with E-state index < -0.39 is 53.8 Å². The molecule has 3 amide bonds. The quantitative estimate of drug-likeness (QED) is 0.130. The molecule has 0 spiro atoms. The Bertz CT molecular complexity index is 1800. The fourth-order valence-corrected chi connectivity index (χ4v) is 5.35. The van der Waals surface area contributed by atoms with Crippen LogP contribution in [0.3, 0.4) is 0 Å². The molecule has 2 heterocycles. The number of rotatable bonds is 12. The van der Waals surface area contributed by atoms with Gasteiger partial charge in [0.15, 0.2) is 5.13 Å². The highest BCUT2D eigenvalue weighted by Crippen LogP contribution is 2.35. The van der Waals surface area contributed by atoms with Gasteiger partial charge in [-0.3, -0.25) is 9.59 Å². The first kappa shape index (κ1) is 34.9. The van der Waals surface area contributed by atoms with Crippen molar-refractivity contribution in [3.8, 4) is 0 Å². The third-order valence-electron chi connectivity index (χ3n) is 6.71. The number of alkyl halides is 3. The van der Waals surface area contributed by atoms with Gasteiger partial charge in [-0.15, -0.1) is 0 Å². The van der Waals surface area contributed by atoms with Gasteiger partial charge < -0.3 is 35.7 Å². The average molecular weight is 678 g/mol. The van der Waals surface area contributed by atoms with Crippen molar-refractivity contribution >= 4 is 67.5 Å². The van der Waals surface area contributed by atoms with E-state index in [0.29, 0.717) is 45.2 Å².